The van der Waals surface area contributed by atoms with Gasteiger partial charge >= 0.3 is 6.09 Å². The maximum Gasteiger partial charge on any atom is 0.407 e. The van der Waals surface area contributed by atoms with E-state index in [1.54, 1.807) is 7.05 Å². The van der Waals surface area contributed by atoms with Crippen LogP contribution >= 0.6 is 0 Å². The van der Waals surface area contributed by atoms with E-state index in [0.29, 0.717) is 24.6 Å². The summed E-state index contributed by atoms with van der Waals surface area (Å²) in [5, 5.41) is 10.3. The summed E-state index contributed by atoms with van der Waals surface area (Å²) < 4.78 is 0. The minimum Gasteiger partial charge on any atom is -0.465 e. The van der Waals surface area contributed by atoms with Gasteiger partial charge in [0.05, 0.1) is 7.11 Å². The fraction of sp³-hybridized carbons (Fsp3) is 0.619. The monoisotopic (exact) mass is 404 g/mol. The third-order valence-corrected chi connectivity index (χ3v) is 6.13. The second-order valence-electron chi connectivity index (χ2n) is 7.87. The summed E-state index contributed by atoms with van der Waals surface area (Å²) in [4.78, 5) is 34.6. The highest BCUT2D eigenvalue weighted by molar-refractivity contribution is 5.94. The number of anilines is 1. The Balaban J connectivity index is 1.44. The number of piperidine rings is 1. The third-order valence-electron chi connectivity index (χ3n) is 6.13. The van der Waals surface area contributed by atoms with Crippen LogP contribution in [0.4, 0.5) is 10.5 Å². The Kier molecular flexibility index (Phi) is 7.33. The van der Waals surface area contributed by atoms with E-state index in [2.05, 4.69) is 15.9 Å². The fourth-order valence-corrected chi connectivity index (χ4v) is 4.11. The molecule has 0 radical (unpaired) electrons. The maximum absolute atomic E-state index is 12.3. The molecular weight excluding hydrogens is 372 g/mol. The normalized spacial score (nSPS) is 18.7. The van der Waals surface area contributed by atoms with Gasteiger partial charge in [-0.05, 0) is 49.9 Å². The predicted octanol–water partition coefficient (Wildman–Crippen LogP) is 2.22. The molecule has 1 aromatic rings. The SMILES string of the molecule is CON(C)C(=O)c1cccc(N2CCN(CCC3CCN(C(=O)O)CC3)CC2)c1. The molecule has 0 bridgehead atoms. The molecule has 29 heavy (non-hydrogen) atoms. The summed E-state index contributed by atoms with van der Waals surface area (Å²) in [6.45, 7) is 6.30. The van der Waals surface area contributed by atoms with Crippen molar-refractivity contribution < 1.29 is 19.5 Å². The van der Waals surface area contributed by atoms with Crippen LogP contribution in [0.5, 0.6) is 0 Å². The molecule has 2 aliphatic heterocycles. The minimum atomic E-state index is -0.792. The van der Waals surface area contributed by atoms with Crippen LogP contribution in [0.1, 0.15) is 29.6 Å². The number of piperazine rings is 1. The molecule has 0 aliphatic carbocycles. The lowest BCUT2D eigenvalue weighted by Gasteiger charge is -2.37. The van der Waals surface area contributed by atoms with Crippen molar-refractivity contribution in [2.24, 2.45) is 5.92 Å². The highest BCUT2D eigenvalue weighted by Gasteiger charge is 2.24. The minimum absolute atomic E-state index is 0.151. The van der Waals surface area contributed by atoms with Crippen molar-refractivity contribution in [3.63, 3.8) is 0 Å². The van der Waals surface area contributed by atoms with Crippen LogP contribution in [-0.2, 0) is 4.84 Å². The lowest BCUT2D eigenvalue weighted by Crippen LogP contribution is -2.47. The fourth-order valence-electron chi connectivity index (χ4n) is 4.11. The Morgan fingerprint density at radius 3 is 2.45 bits per heavy atom. The highest BCUT2D eigenvalue weighted by atomic mass is 16.7. The molecule has 2 aliphatic rings. The summed E-state index contributed by atoms with van der Waals surface area (Å²) in [5.41, 5.74) is 1.70. The number of nitrogens with zero attached hydrogens (tertiary/aromatic N) is 4. The van der Waals surface area contributed by atoms with E-state index < -0.39 is 6.09 Å². The average Bonchev–Trinajstić information content (AvgIpc) is 2.77. The van der Waals surface area contributed by atoms with Gasteiger partial charge in [-0.15, -0.1) is 0 Å². The van der Waals surface area contributed by atoms with Crippen molar-refractivity contribution >= 4 is 17.7 Å². The van der Waals surface area contributed by atoms with Crippen molar-refractivity contribution in [3.8, 4) is 0 Å². The molecule has 8 heteroatoms. The lowest BCUT2D eigenvalue weighted by molar-refractivity contribution is -0.0756. The van der Waals surface area contributed by atoms with E-state index in [9.17, 15) is 9.59 Å². The number of carbonyl (C=O) groups is 2. The largest absolute Gasteiger partial charge is 0.465 e. The summed E-state index contributed by atoms with van der Waals surface area (Å²) in [7, 11) is 3.09. The molecule has 0 saturated carbocycles. The first-order chi connectivity index (χ1) is 14.0. The Hall–Kier alpha value is -2.32. The van der Waals surface area contributed by atoms with E-state index in [4.69, 9.17) is 9.94 Å². The molecule has 2 heterocycles. The van der Waals surface area contributed by atoms with E-state index >= 15 is 0 Å². The third kappa shape index (κ3) is 5.61. The summed E-state index contributed by atoms with van der Waals surface area (Å²) in [6.07, 6.45) is 2.30. The van der Waals surface area contributed by atoms with Gasteiger partial charge in [0.15, 0.2) is 0 Å². The number of carboxylic acid groups (broad SMARTS) is 1. The average molecular weight is 405 g/mol. The Labute approximate surface area is 172 Å². The number of benzene rings is 1. The number of amides is 2. The van der Waals surface area contributed by atoms with Crippen molar-refractivity contribution in [1.82, 2.24) is 14.9 Å². The number of hydroxylamine groups is 2. The topological polar surface area (TPSA) is 76.6 Å². The van der Waals surface area contributed by atoms with Gasteiger partial charge in [0.2, 0.25) is 0 Å². The Morgan fingerprint density at radius 1 is 1.14 bits per heavy atom. The van der Waals surface area contributed by atoms with Crippen molar-refractivity contribution in [1.29, 1.82) is 0 Å². The van der Waals surface area contributed by atoms with E-state index in [0.717, 1.165) is 57.7 Å². The van der Waals surface area contributed by atoms with E-state index in [1.165, 1.54) is 17.1 Å². The van der Waals surface area contributed by atoms with Gasteiger partial charge in [0.25, 0.3) is 5.91 Å². The standard InChI is InChI=1S/C21H32N4O4/c1-22(29-2)20(26)18-4-3-5-19(16-18)24-14-12-23(13-15-24)9-6-17-7-10-25(11-8-17)21(27)28/h3-5,16-17H,6-15H2,1-2H3,(H,27,28). The number of hydrogen-bond acceptors (Lipinski definition) is 5. The first-order valence-electron chi connectivity index (χ1n) is 10.4. The van der Waals surface area contributed by atoms with E-state index in [1.807, 2.05) is 18.2 Å². The number of carbonyl (C=O) groups excluding carboxylic acids is 1. The molecule has 2 saturated heterocycles. The quantitative estimate of drug-likeness (QED) is 0.733. The Bertz CT molecular complexity index is 698. The zero-order valence-electron chi connectivity index (χ0n) is 17.4. The molecule has 8 nitrogen and oxygen atoms in total. The summed E-state index contributed by atoms with van der Waals surface area (Å²) >= 11 is 0. The van der Waals surface area contributed by atoms with Gasteiger partial charge in [-0.3, -0.25) is 14.5 Å². The van der Waals surface area contributed by atoms with Crippen LogP contribution in [-0.4, -0.2) is 91.9 Å². The summed E-state index contributed by atoms with van der Waals surface area (Å²) in [5.74, 6) is 0.478. The summed E-state index contributed by atoms with van der Waals surface area (Å²) in [6, 6.07) is 7.72. The molecule has 1 aromatic carbocycles. The van der Waals surface area contributed by atoms with Gasteiger partial charge in [0.1, 0.15) is 0 Å². The van der Waals surface area contributed by atoms with Gasteiger partial charge in [-0.2, -0.15) is 0 Å². The zero-order chi connectivity index (χ0) is 20.8. The molecular formula is C21H32N4O4. The van der Waals surface area contributed by atoms with Crippen molar-refractivity contribution in [2.45, 2.75) is 19.3 Å². The smallest absolute Gasteiger partial charge is 0.407 e. The van der Waals surface area contributed by atoms with Crippen LogP contribution in [0.15, 0.2) is 24.3 Å². The molecule has 160 valence electrons. The predicted molar refractivity (Wildman–Crippen MR) is 111 cm³/mol. The molecule has 0 unspecified atom stereocenters. The second-order valence-corrected chi connectivity index (χ2v) is 7.87. The van der Waals surface area contributed by atoms with Crippen molar-refractivity contribution in [3.05, 3.63) is 29.8 Å². The Morgan fingerprint density at radius 2 is 1.83 bits per heavy atom. The van der Waals surface area contributed by atoms with Crippen LogP contribution in [0.25, 0.3) is 0 Å². The molecule has 0 aromatic heterocycles. The van der Waals surface area contributed by atoms with Crippen LogP contribution in [0.2, 0.25) is 0 Å². The first kappa shape index (κ1) is 21.4. The van der Waals surface area contributed by atoms with Crippen LogP contribution < -0.4 is 4.90 Å². The second kappa shape index (κ2) is 9.93. The first-order valence-corrected chi connectivity index (χ1v) is 10.4. The van der Waals surface area contributed by atoms with Gasteiger partial charge in [0, 0.05) is 57.6 Å². The molecule has 2 amide bonds. The molecule has 1 N–H and O–H groups in total. The maximum atomic E-state index is 12.3. The number of rotatable bonds is 6. The highest BCUT2D eigenvalue weighted by Crippen LogP contribution is 2.22. The zero-order valence-corrected chi connectivity index (χ0v) is 17.4. The molecule has 3 rings (SSSR count). The lowest BCUT2D eigenvalue weighted by atomic mass is 9.93. The number of likely N-dealkylation sites (tertiary alicyclic amines) is 1. The van der Waals surface area contributed by atoms with Crippen LogP contribution in [0, 0.1) is 5.92 Å². The molecule has 0 atom stereocenters. The van der Waals surface area contributed by atoms with E-state index in [-0.39, 0.29) is 5.91 Å². The van der Waals surface area contributed by atoms with Gasteiger partial charge in [-0.1, -0.05) is 6.07 Å². The van der Waals surface area contributed by atoms with Gasteiger partial charge < -0.3 is 14.9 Å². The molecule has 2 fully saturated rings. The van der Waals surface area contributed by atoms with Crippen LogP contribution in [0.3, 0.4) is 0 Å². The van der Waals surface area contributed by atoms with Crippen molar-refractivity contribution in [2.75, 3.05) is 64.9 Å². The molecule has 0 spiro atoms. The van der Waals surface area contributed by atoms with Gasteiger partial charge in [-0.25, -0.2) is 9.86 Å². The number of hydrogen-bond donors (Lipinski definition) is 1.